The fourth-order valence-electron chi connectivity index (χ4n) is 4.45. The van der Waals surface area contributed by atoms with Gasteiger partial charge in [-0.15, -0.1) is 11.8 Å². The number of fused-ring (bicyclic) bond motifs is 1. The molecule has 2 aliphatic heterocycles. The number of halogens is 3. The van der Waals surface area contributed by atoms with E-state index in [0.717, 1.165) is 67.2 Å². The molecule has 1 amide bonds. The molecule has 1 unspecified atom stereocenters. The van der Waals surface area contributed by atoms with Crippen molar-refractivity contribution in [3.05, 3.63) is 46.5 Å². The molecule has 8 nitrogen and oxygen atoms in total. The second-order valence-electron chi connectivity index (χ2n) is 8.75. The molecule has 2 aromatic heterocycles. The molecule has 4 heterocycles. The first kappa shape index (κ1) is 24.5. The monoisotopic (exact) mass is 498 g/mol. The summed E-state index contributed by atoms with van der Waals surface area (Å²) >= 11 is 1.95. The van der Waals surface area contributed by atoms with Crippen LogP contribution in [0, 0.1) is 6.92 Å². The van der Waals surface area contributed by atoms with Crippen molar-refractivity contribution in [2.75, 3.05) is 18.8 Å². The third kappa shape index (κ3) is 5.38. The number of nitrogens with zero attached hydrogens (tertiary/aromatic N) is 3. The molecule has 34 heavy (non-hydrogen) atoms. The molecule has 2 aromatic rings. The Morgan fingerprint density at radius 3 is 2.74 bits per heavy atom. The lowest BCUT2D eigenvalue weighted by Gasteiger charge is -2.47. The van der Waals surface area contributed by atoms with Gasteiger partial charge in [0.1, 0.15) is 0 Å². The molecule has 0 bridgehead atoms. The second-order valence-corrected chi connectivity index (χ2v) is 10.2. The smallest absolute Gasteiger partial charge is 0.475 e. The van der Waals surface area contributed by atoms with Gasteiger partial charge in [-0.2, -0.15) is 18.3 Å². The third-order valence-electron chi connectivity index (χ3n) is 6.08. The van der Waals surface area contributed by atoms with Crippen LogP contribution in [0.4, 0.5) is 13.2 Å². The first-order chi connectivity index (χ1) is 16.1. The van der Waals surface area contributed by atoms with Crippen LogP contribution in [0.5, 0.6) is 0 Å². The maximum atomic E-state index is 12.8. The van der Waals surface area contributed by atoms with Crippen molar-refractivity contribution in [1.82, 2.24) is 20.1 Å². The number of aryl methyl sites for hydroxylation is 2. The van der Waals surface area contributed by atoms with Crippen LogP contribution in [0.15, 0.2) is 18.2 Å². The normalized spacial score (nSPS) is 20.5. The van der Waals surface area contributed by atoms with Crippen molar-refractivity contribution < 1.29 is 32.6 Å². The fraction of sp³-hybridized carbons (Fsp3) is 0.545. The molecule has 184 valence electrons. The number of carbonyl (C=O) groups is 2. The molecule has 2 fully saturated rings. The molecule has 2 N–H and O–H groups in total. The van der Waals surface area contributed by atoms with E-state index in [1.165, 1.54) is 0 Å². The highest BCUT2D eigenvalue weighted by molar-refractivity contribution is 8.01. The summed E-state index contributed by atoms with van der Waals surface area (Å²) in [4.78, 5) is 28.2. The van der Waals surface area contributed by atoms with E-state index < -0.39 is 12.1 Å². The molecule has 0 saturated carbocycles. The van der Waals surface area contributed by atoms with E-state index in [-0.39, 0.29) is 16.8 Å². The third-order valence-corrected chi connectivity index (χ3v) is 7.66. The number of carboxylic acids is 1. The molecule has 5 rings (SSSR count). The molecule has 12 heteroatoms. The molecular formula is C22H25F3N4O4S. The van der Waals surface area contributed by atoms with E-state index in [9.17, 15) is 18.0 Å². The Morgan fingerprint density at radius 2 is 2.06 bits per heavy atom. The first-order valence-corrected chi connectivity index (χ1v) is 11.9. The van der Waals surface area contributed by atoms with Crippen molar-refractivity contribution in [3.8, 4) is 0 Å². The maximum absolute atomic E-state index is 12.8. The summed E-state index contributed by atoms with van der Waals surface area (Å²) in [6.07, 6.45) is -0.720. The van der Waals surface area contributed by atoms with Crippen LogP contribution >= 0.6 is 11.8 Å². The highest BCUT2D eigenvalue weighted by Crippen LogP contribution is 2.46. The zero-order valence-corrected chi connectivity index (χ0v) is 19.3. The minimum absolute atomic E-state index is 0.0916. The van der Waals surface area contributed by atoms with Gasteiger partial charge in [0.05, 0.1) is 23.2 Å². The molecule has 1 atom stereocenters. The lowest BCUT2D eigenvalue weighted by Crippen LogP contribution is -2.60. The van der Waals surface area contributed by atoms with Crippen molar-refractivity contribution in [3.63, 3.8) is 0 Å². The summed E-state index contributed by atoms with van der Waals surface area (Å²) in [6, 6.07) is 6.03. The maximum Gasteiger partial charge on any atom is 0.490 e. The van der Waals surface area contributed by atoms with Crippen LogP contribution in [-0.4, -0.2) is 72.9 Å². The lowest BCUT2D eigenvalue weighted by atomic mass is 9.92. The summed E-state index contributed by atoms with van der Waals surface area (Å²) < 4.78 is 38.0. The van der Waals surface area contributed by atoms with Gasteiger partial charge >= 0.3 is 12.1 Å². The van der Waals surface area contributed by atoms with Gasteiger partial charge < -0.3 is 14.7 Å². The Kier molecular flexibility index (Phi) is 6.90. The number of thioether (sulfide) groups is 1. The van der Waals surface area contributed by atoms with E-state index in [1.54, 1.807) is 0 Å². The van der Waals surface area contributed by atoms with E-state index in [0.29, 0.717) is 12.3 Å². The van der Waals surface area contributed by atoms with Crippen LogP contribution in [0.3, 0.4) is 0 Å². The first-order valence-electron chi connectivity index (χ1n) is 10.9. The molecule has 0 aromatic carbocycles. The highest BCUT2D eigenvalue weighted by Gasteiger charge is 2.51. The van der Waals surface area contributed by atoms with Crippen LogP contribution < -0.4 is 0 Å². The van der Waals surface area contributed by atoms with Crippen molar-refractivity contribution in [1.29, 1.82) is 0 Å². The summed E-state index contributed by atoms with van der Waals surface area (Å²) in [5.74, 6) is -1.67. The Hall–Kier alpha value is -2.60. The minimum Gasteiger partial charge on any atom is -0.475 e. The Bertz CT molecular complexity index is 1070. The van der Waals surface area contributed by atoms with Crippen molar-refractivity contribution in [2.45, 2.75) is 56.2 Å². The van der Waals surface area contributed by atoms with E-state index in [1.807, 2.05) is 41.8 Å². The lowest BCUT2D eigenvalue weighted by molar-refractivity contribution is -0.192. The summed E-state index contributed by atoms with van der Waals surface area (Å²) in [7, 11) is 0. The van der Waals surface area contributed by atoms with Crippen LogP contribution in [0.1, 0.15) is 46.0 Å². The number of carboxylic acid groups (broad SMARTS) is 1. The Balaban J connectivity index is 0.000000344. The number of pyridine rings is 1. The zero-order chi connectivity index (χ0) is 24.5. The predicted molar refractivity (Wildman–Crippen MR) is 118 cm³/mol. The van der Waals surface area contributed by atoms with Crippen LogP contribution in [0.25, 0.3) is 0 Å². The number of hydrogen-bond acceptors (Lipinski definition) is 6. The van der Waals surface area contributed by atoms with Gasteiger partial charge in [-0.05, 0) is 44.7 Å². The molecule has 1 spiro atoms. The van der Waals surface area contributed by atoms with Gasteiger partial charge in [0, 0.05) is 35.8 Å². The molecule has 1 aliphatic carbocycles. The highest BCUT2D eigenvalue weighted by atomic mass is 32.2. The van der Waals surface area contributed by atoms with Crippen molar-refractivity contribution in [2.24, 2.45) is 0 Å². The number of carbonyl (C=O) groups excluding carboxylic acids is 1. The molecule has 0 radical (unpaired) electrons. The summed E-state index contributed by atoms with van der Waals surface area (Å²) in [5.41, 5.74) is 4.96. The Labute approximate surface area is 198 Å². The van der Waals surface area contributed by atoms with Gasteiger partial charge in [-0.3, -0.25) is 14.9 Å². The summed E-state index contributed by atoms with van der Waals surface area (Å²) in [5, 5.41) is 14.5. The van der Waals surface area contributed by atoms with Crippen LogP contribution in [-0.2, 0) is 29.0 Å². The number of ether oxygens (including phenoxy) is 1. The number of aromatic nitrogens is 3. The number of hydrogen-bond donors (Lipinski definition) is 2. The summed E-state index contributed by atoms with van der Waals surface area (Å²) in [6.45, 7) is 4.17. The Morgan fingerprint density at radius 1 is 1.32 bits per heavy atom. The number of H-pyrrole nitrogens is 1. The number of aliphatic carboxylic acids is 1. The molecule has 3 aliphatic rings. The van der Waals surface area contributed by atoms with Gasteiger partial charge in [0.25, 0.3) is 5.91 Å². The van der Waals surface area contributed by atoms with Gasteiger partial charge in [0.15, 0.2) is 5.69 Å². The average Bonchev–Trinajstić information content (AvgIpc) is 3.46. The quantitative estimate of drug-likeness (QED) is 0.667. The number of likely N-dealkylation sites (tertiary alicyclic amines) is 1. The largest absolute Gasteiger partial charge is 0.490 e. The molecular weight excluding hydrogens is 473 g/mol. The van der Waals surface area contributed by atoms with Gasteiger partial charge in [0.2, 0.25) is 0 Å². The van der Waals surface area contributed by atoms with E-state index in [2.05, 4.69) is 15.2 Å². The topological polar surface area (TPSA) is 108 Å². The fourth-order valence-corrected chi connectivity index (χ4v) is 6.00. The van der Waals surface area contributed by atoms with Crippen LogP contribution in [0.2, 0.25) is 0 Å². The van der Waals surface area contributed by atoms with Crippen molar-refractivity contribution >= 4 is 23.6 Å². The average molecular weight is 499 g/mol. The number of aromatic amines is 1. The SMILES string of the molecule is Cc1cccc(COC2CSC3(C2)CN(C(=O)c2n[nH]c4c2CCC4)C3)n1.O=C(O)C(F)(F)F. The molecule has 2 saturated heterocycles. The van der Waals surface area contributed by atoms with Gasteiger partial charge in [-0.1, -0.05) is 6.07 Å². The predicted octanol–water partition coefficient (Wildman–Crippen LogP) is 3.15. The number of nitrogens with one attached hydrogen (secondary N) is 1. The van der Waals surface area contributed by atoms with E-state index >= 15 is 0 Å². The number of rotatable bonds is 4. The van der Waals surface area contributed by atoms with Gasteiger partial charge in [-0.25, -0.2) is 4.79 Å². The number of alkyl halides is 3. The standard InChI is InChI=1S/C20H24N4O2S.C2HF3O2/c1-13-4-2-5-14(21-13)9-26-15-8-20(27-10-15)11-24(12-20)19(25)18-16-6-3-7-17(16)22-23-18;3-2(4,5)1(6)7/h2,4-5,15H,3,6-12H2,1H3,(H,22,23);(H,6,7). The number of amides is 1. The zero-order valence-electron chi connectivity index (χ0n) is 18.5. The minimum atomic E-state index is -5.08. The van der Waals surface area contributed by atoms with E-state index in [4.69, 9.17) is 14.6 Å². The second kappa shape index (κ2) is 9.57.